The average Bonchev–Trinajstić information content (AvgIpc) is 3.24. The Balaban J connectivity index is 0.00000243. The highest BCUT2D eigenvalue weighted by atomic mass is 127. The van der Waals surface area contributed by atoms with Crippen LogP contribution in [0.1, 0.15) is 35.0 Å². The van der Waals surface area contributed by atoms with Crippen LogP contribution in [0.5, 0.6) is 0 Å². The van der Waals surface area contributed by atoms with Crippen LogP contribution in [0.2, 0.25) is 0 Å². The van der Waals surface area contributed by atoms with E-state index < -0.39 is 0 Å². The molecule has 0 aliphatic carbocycles. The molecule has 3 rings (SSSR count). The monoisotopic (exact) mass is 483 g/mol. The van der Waals surface area contributed by atoms with Crippen molar-refractivity contribution in [3.8, 4) is 0 Å². The number of aryl methyl sites for hydroxylation is 2. The molecular formula is C19H26IN5S. The molecule has 0 amide bonds. The molecule has 0 bridgehead atoms. The second kappa shape index (κ2) is 9.91. The molecule has 0 atom stereocenters. The van der Waals surface area contributed by atoms with Gasteiger partial charge in [0, 0.05) is 28.2 Å². The number of thiophene rings is 1. The first-order valence-corrected chi connectivity index (χ1v) is 9.54. The molecule has 140 valence electrons. The Kier molecular flexibility index (Phi) is 7.89. The summed E-state index contributed by atoms with van der Waals surface area (Å²) < 4.78 is 2.10. The molecule has 7 heteroatoms. The number of aliphatic imine (C=N–C) groups is 1. The van der Waals surface area contributed by atoms with Crippen LogP contribution >= 0.6 is 35.3 Å². The van der Waals surface area contributed by atoms with E-state index in [-0.39, 0.29) is 24.0 Å². The minimum atomic E-state index is 0. The molecule has 0 saturated carbocycles. The van der Waals surface area contributed by atoms with Crippen molar-refractivity contribution in [1.82, 2.24) is 20.0 Å². The molecular weight excluding hydrogens is 457 g/mol. The second-order valence-electron chi connectivity index (χ2n) is 5.90. The number of halogens is 1. The standard InChI is InChI=1S/C19H25N5S.HI/c1-4-16-9-10-17(25-16)12-22-19(20-5-2)21-11-15-13-24-14(3)7-6-8-18(24)23-15;/h6-10,13H,4-5,11-12H2,1-3H3,(H2,20,21,22);1H. The topological polar surface area (TPSA) is 53.7 Å². The predicted octanol–water partition coefficient (Wildman–Crippen LogP) is 4.14. The van der Waals surface area contributed by atoms with Crippen molar-refractivity contribution in [3.63, 3.8) is 0 Å². The van der Waals surface area contributed by atoms with Gasteiger partial charge in [0.25, 0.3) is 0 Å². The number of hydrogen-bond donors (Lipinski definition) is 2. The Labute approximate surface area is 176 Å². The molecule has 0 aliphatic rings. The second-order valence-corrected chi connectivity index (χ2v) is 7.15. The summed E-state index contributed by atoms with van der Waals surface area (Å²) in [5, 5.41) is 6.70. The molecule has 0 aromatic carbocycles. The number of hydrogen-bond acceptors (Lipinski definition) is 3. The minimum absolute atomic E-state index is 0. The molecule has 5 nitrogen and oxygen atoms in total. The molecule has 0 fully saturated rings. The van der Waals surface area contributed by atoms with E-state index in [0.717, 1.165) is 36.8 Å². The van der Waals surface area contributed by atoms with Crippen LogP contribution in [0.15, 0.2) is 41.5 Å². The molecule has 3 aromatic heterocycles. The number of imidazole rings is 1. The lowest BCUT2D eigenvalue weighted by atomic mass is 10.3. The Morgan fingerprint density at radius 2 is 1.96 bits per heavy atom. The third-order valence-corrected chi connectivity index (χ3v) is 5.21. The minimum Gasteiger partial charge on any atom is -0.357 e. The number of pyridine rings is 1. The van der Waals surface area contributed by atoms with Gasteiger partial charge in [0.1, 0.15) is 5.65 Å². The van der Waals surface area contributed by atoms with Crippen LogP contribution in [0.4, 0.5) is 0 Å². The van der Waals surface area contributed by atoms with E-state index >= 15 is 0 Å². The maximum atomic E-state index is 4.67. The first kappa shape index (κ1) is 20.7. The zero-order valence-electron chi connectivity index (χ0n) is 15.5. The zero-order chi connectivity index (χ0) is 17.6. The maximum absolute atomic E-state index is 4.67. The van der Waals surface area contributed by atoms with Crippen LogP contribution in [0, 0.1) is 6.92 Å². The van der Waals surface area contributed by atoms with E-state index in [1.807, 2.05) is 23.5 Å². The van der Waals surface area contributed by atoms with Gasteiger partial charge < -0.3 is 15.0 Å². The highest BCUT2D eigenvalue weighted by Crippen LogP contribution is 2.16. The first-order chi connectivity index (χ1) is 12.2. The van der Waals surface area contributed by atoms with Crippen molar-refractivity contribution in [1.29, 1.82) is 0 Å². The summed E-state index contributed by atoms with van der Waals surface area (Å²) in [6.07, 6.45) is 3.15. The quantitative estimate of drug-likeness (QED) is 0.315. The number of rotatable bonds is 6. The van der Waals surface area contributed by atoms with E-state index in [4.69, 9.17) is 0 Å². The summed E-state index contributed by atoms with van der Waals surface area (Å²) in [4.78, 5) is 12.1. The lowest BCUT2D eigenvalue weighted by Gasteiger charge is -2.09. The van der Waals surface area contributed by atoms with Crippen LogP contribution in [0.3, 0.4) is 0 Å². The van der Waals surface area contributed by atoms with Crippen molar-refractivity contribution in [2.75, 3.05) is 6.54 Å². The van der Waals surface area contributed by atoms with Gasteiger partial charge in [0.2, 0.25) is 0 Å². The summed E-state index contributed by atoms with van der Waals surface area (Å²) in [6, 6.07) is 10.5. The van der Waals surface area contributed by atoms with Crippen molar-refractivity contribution in [2.24, 2.45) is 4.99 Å². The van der Waals surface area contributed by atoms with Gasteiger partial charge >= 0.3 is 0 Å². The fourth-order valence-electron chi connectivity index (χ4n) is 2.66. The van der Waals surface area contributed by atoms with Crippen molar-refractivity contribution < 1.29 is 0 Å². The zero-order valence-corrected chi connectivity index (χ0v) is 18.6. The average molecular weight is 483 g/mol. The van der Waals surface area contributed by atoms with Crippen molar-refractivity contribution >= 4 is 46.9 Å². The van der Waals surface area contributed by atoms with E-state index in [2.05, 4.69) is 70.2 Å². The number of aromatic nitrogens is 2. The summed E-state index contributed by atoms with van der Waals surface area (Å²) in [5.74, 6) is 0.822. The maximum Gasteiger partial charge on any atom is 0.191 e. The van der Waals surface area contributed by atoms with E-state index in [9.17, 15) is 0 Å². The predicted molar refractivity (Wildman–Crippen MR) is 121 cm³/mol. The molecule has 2 N–H and O–H groups in total. The van der Waals surface area contributed by atoms with Gasteiger partial charge in [-0.25, -0.2) is 9.98 Å². The summed E-state index contributed by atoms with van der Waals surface area (Å²) in [6.45, 7) is 8.53. The molecule has 0 radical (unpaired) electrons. The van der Waals surface area contributed by atoms with Gasteiger partial charge in [-0.1, -0.05) is 13.0 Å². The Morgan fingerprint density at radius 1 is 1.15 bits per heavy atom. The van der Waals surface area contributed by atoms with Crippen LogP contribution in [-0.4, -0.2) is 21.9 Å². The largest absolute Gasteiger partial charge is 0.357 e. The summed E-state index contributed by atoms with van der Waals surface area (Å²) >= 11 is 1.85. The smallest absolute Gasteiger partial charge is 0.191 e. The molecule has 26 heavy (non-hydrogen) atoms. The van der Waals surface area contributed by atoms with Gasteiger partial charge in [-0.15, -0.1) is 35.3 Å². The van der Waals surface area contributed by atoms with E-state index in [0.29, 0.717) is 6.54 Å². The fourth-order valence-corrected chi connectivity index (χ4v) is 3.55. The summed E-state index contributed by atoms with van der Waals surface area (Å²) in [7, 11) is 0. The van der Waals surface area contributed by atoms with E-state index in [1.165, 1.54) is 15.4 Å². The van der Waals surface area contributed by atoms with Gasteiger partial charge in [0.05, 0.1) is 18.8 Å². The number of guanidine groups is 1. The molecule has 0 saturated heterocycles. The van der Waals surface area contributed by atoms with Gasteiger partial charge in [-0.2, -0.15) is 0 Å². The third-order valence-electron chi connectivity index (χ3n) is 3.99. The number of fused-ring (bicyclic) bond motifs is 1. The van der Waals surface area contributed by atoms with Gasteiger partial charge in [-0.05, 0) is 44.5 Å². The first-order valence-electron chi connectivity index (χ1n) is 8.73. The molecule has 3 heterocycles. The molecule has 3 aromatic rings. The fraction of sp³-hybridized carbons (Fsp3) is 0.368. The lowest BCUT2D eigenvalue weighted by molar-refractivity contribution is 0.820. The highest BCUT2D eigenvalue weighted by molar-refractivity contribution is 14.0. The highest BCUT2D eigenvalue weighted by Gasteiger charge is 2.04. The number of nitrogens with zero attached hydrogens (tertiary/aromatic N) is 3. The lowest BCUT2D eigenvalue weighted by Crippen LogP contribution is -2.36. The molecule has 0 unspecified atom stereocenters. The SMILES string of the molecule is CCNC(=NCc1cn2c(C)cccc2n1)NCc1ccc(CC)s1.I. The Hall–Kier alpha value is -1.61. The Morgan fingerprint density at radius 3 is 2.65 bits per heavy atom. The third kappa shape index (κ3) is 5.20. The van der Waals surface area contributed by atoms with Gasteiger partial charge in [0.15, 0.2) is 5.96 Å². The van der Waals surface area contributed by atoms with Gasteiger partial charge in [-0.3, -0.25) is 0 Å². The Bertz CT molecular complexity index is 868. The van der Waals surface area contributed by atoms with Crippen LogP contribution in [0.25, 0.3) is 5.65 Å². The van der Waals surface area contributed by atoms with Crippen molar-refractivity contribution in [2.45, 2.75) is 40.3 Å². The molecule has 0 spiro atoms. The number of nitrogens with one attached hydrogen (secondary N) is 2. The van der Waals surface area contributed by atoms with Crippen molar-refractivity contribution in [3.05, 3.63) is 57.7 Å². The normalized spacial score (nSPS) is 11.4. The van der Waals surface area contributed by atoms with Crippen LogP contribution in [-0.2, 0) is 19.5 Å². The van der Waals surface area contributed by atoms with E-state index in [1.54, 1.807) is 0 Å². The summed E-state index contributed by atoms with van der Waals surface area (Å²) in [5.41, 5.74) is 3.11. The van der Waals surface area contributed by atoms with Crippen LogP contribution < -0.4 is 10.6 Å². The molecule has 0 aliphatic heterocycles.